The molecule has 2 aromatic rings. The standard InChI is InChI=1S/C23H30O5S/c1-3-26-20-19(16-25-14-17-10-6-4-7-11-17)28-23(29)22(21(20)24-2)27-15-18-12-8-5-9-13-18/h4-13,19-23,29H,3,14-16H2,1-2H3/t19-,20-,21+,22-,23+/m1/s1. The van der Waals surface area contributed by atoms with Crippen molar-refractivity contribution in [3.8, 4) is 0 Å². The van der Waals surface area contributed by atoms with E-state index in [1.54, 1.807) is 7.11 Å². The molecular formula is C23H30O5S. The van der Waals surface area contributed by atoms with E-state index in [1.165, 1.54) is 0 Å². The van der Waals surface area contributed by atoms with Crippen molar-refractivity contribution < 1.29 is 23.7 Å². The van der Waals surface area contributed by atoms with Crippen molar-refractivity contribution >= 4 is 12.6 Å². The summed E-state index contributed by atoms with van der Waals surface area (Å²) in [5.74, 6) is 0. The van der Waals surface area contributed by atoms with Gasteiger partial charge in [-0.25, -0.2) is 0 Å². The second-order valence-corrected chi connectivity index (χ2v) is 7.46. The quantitative estimate of drug-likeness (QED) is 0.594. The van der Waals surface area contributed by atoms with Gasteiger partial charge < -0.3 is 23.7 Å². The van der Waals surface area contributed by atoms with E-state index in [0.717, 1.165) is 11.1 Å². The van der Waals surface area contributed by atoms with Crippen molar-refractivity contribution in [2.45, 2.75) is 50.0 Å². The minimum Gasteiger partial charge on any atom is -0.376 e. The predicted octanol–water partition coefficient (Wildman–Crippen LogP) is 3.86. The first-order chi connectivity index (χ1) is 14.2. The lowest BCUT2D eigenvalue weighted by atomic mass is 9.99. The summed E-state index contributed by atoms with van der Waals surface area (Å²) in [7, 11) is 1.67. The average Bonchev–Trinajstić information content (AvgIpc) is 2.76. The topological polar surface area (TPSA) is 46.2 Å². The van der Waals surface area contributed by atoms with E-state index in [2.05, 4.69) is 12.6 Å². The SMILES string of the molecule is CCO[C@H]1[C@H](OC)[C@@H](OCc2ccccc2)[C@H](S)O[C@@H]1COCc1ccccc1. The van der Waals surface area contributed by atoms with Crippen LogP contribution < -0.4 is 0 Å². The number of methoxy groups -OCH3 is 1. The Balaban J connectivity index is 1.62. The molecule has 1 saturated heterocycles. The van der Waals surface area contributed by atoms with Crippen LogP contribution in [0.2, 0.25) is 0 Å². The Morgan fingerprint density at radius 1 is 0.828 bits per heavy atom. The van der Waals surface area contributed by atoms with Gasteiger partial charge in [-0.1, -0.05) is 60.7 Å². The van der Waals surface area contributed by atoms with Crippen LogP contribution in [-0.4, -0.2) is 50.2 Å². The van der Waals surface area contributed by atoms with E-state index in [-0.39, 0.29) is 24.4 Å². The predicted molar refractivity (Wildman–Crippen MR) is 115 cm³/mol. The zero-order valence-electron chi connectivity index (χ0n) is 17.0. The second-order valence-electron chi connectivity index (χ2n) is 6.95. The zero-order chi connectivity index (χ0) is 20.5. The molecule has 0 N–H and O–H groups in total. The minimum atomic E-state index is -0.439. The fourth-order valence-corrected chi connectivity index (χ4v) is 3.91. The van der Waals surface area contributed by atoms with Gasteiger partial charge in [0.2, 0.25) is 0 Å². The van der Waals surface area contributed by atoms with Gasteiger partial charge in [-0.2, -0.15) is 0 Å². The molecule has 29 heavy (non-hydrogen) atoms. The molecule has 1 fully saturated rings. The Bertz CT molecular complexity index is 699. The zero-order valence-corrected chi connectivity index (χ0v) is 17.9. The maximum absolute atomic E-state index is 6.14. The van der Waals surface area contributed by atoms with E-state index >= 15 is 0 Å². The van der Waals surface area contributed by atoms with Gasteiger partial charge in [-0.3, -0.25) is 0 Å². The molecule has 0 radical (unpaired) electrons. The van der Waals surface area contributed by atoms with E-state index in [0.29, 0.717) is 26.4 Å². The number of hydrogen-bond donors (Lipinski definition) is 1. The summed E-state index contributed by atoms with van der Waals surface area (Å²) in [5.41, 5.74) is 1.76. The van der Waals surface area contributed by atoms with Crippen LogP contribution >= 0.6 is 12.6 Å². The van der Waals surface area contributed by atoms with Crippen LogP contribution in [0.1, 0.15) is 18.1 Å². The summed E-state index contributed by atoms with van der Waals surface area (Å²) in [6, 6.07) is 20.1. The lowest BCUT2D eigenvalue weighted by Gasteiger charge is -2.44. The Hall–Kier alpha value is -1.41. The maximum Gasteiger partial charge on any atom is 0.129 e. The Morgan fingerprint density at radius 2 is 1.45 bits per heavy atom. The van der Waals surface area contributed by atoms with Gasteiger partial charge in [0, 0.05) is 13.7 Å². The molecule has 6 heteroatoms. The summed E-state index contributed by atoms with van der Waals surface area (Å²) in [6.45, 7) is 3.87. The lowest BCUT2D eigenvalue weighted by Crippen LogP contribution is -2.59. The number of benzene rings is 2. The maximum atomic E-state index is 6.14. The molecule has 0 aliphatic carbocycles. The lowest BCUT2D eigenvalue weighted by molar-refractivity contribution is -0.243. The molecule has 0 saturated carbocycles. The summed E-state index contributed by atoms with van der Waals surface area (Å²) >= 11 is 4.64. The first-order valence-electron chi connectivity index (χ1n) is 9.98. The van der Waals surface area contributed by atoms with Crippen LogP contribution in [0, 0.1) is 0 Å². The number of hydrogen-bond acceptors (Lipinski definition) is 6. The van der Waals surface area contributed by atoms with Crippen molar-refractivity contribution in [3.63, 3.8) is 0 Å². The van der Waals surface area contributed by atoms with E-state index in [4.69, 9.17) is 23.7 Å². The van der Waals surface area contributed by atoms with Crippen LogP contribution in [0.25, 0.3) is 0 Å². The molecule has 0 unspecified atom stereocenters. The molecule has 1 aliphatic rings. The summed E-state index contributed by atoms with van der Waals surface area (Å²) < 4.78 is 30.0. The van der Waals surface area contributed by atoms with Crippen LogP contribution in [-0.2, 0) is 36.9 Å². The third kappa shape index (κ3) is 6.28. The molecule has 0 spiro atoms. The molecule has 5 atom stereocenters. The molecule has 0 amide bonds. The Kier molecular flexibility index (Phi) is 8.98. The van der Waals surface area contributed by atoms with E-state index < -0.39 is 5.44 Å². The van der Waals surface area contributed by atoms with Crippen molar-refractivity contribution in [2.24, 2.45) is 0 Å². The fraction of sp³-hybridized carbons (Fsp3) is 0.478. The molecule has 5 nitrogen and oxygen atoms in total. The summed E-state index contributed by atoms with van der Waals surface area (Å²) in [6.07, 6.45) is -1.25. The number of thiol groups is 1. The molecular weight excluding hydrogens is 388 g/mol. The Labute approximate surface area is 178 Å². The Morgan fingerprint density at radius 3 is 2.03 bits per heavy atom. The largest absolute Gasteiger partial charge is 0.376 e. The molecule has 1 aliphatic heterocycles. The highest BCUT2D eigenvalue weighted by atomic mass is 32.1. The normalized spacial score (nSPS) is 27.1. The molecule has 2 aromatic carbocycles. The highest BCUT2D eigenvalue weighted by molar-refractivity contribution is 7.80. The van der Waals surface area contributed by atoms with Gasteiger partial charge in [0.1, 0.15) is 29.9 Å². The van der Waals surface area contributed by atoms with Crippen LogP contribution in [0.15, 0.2) is 60.7 Å². The van der Waals surface area contributed by atoms with Crippen molar-refractivity contribution in [1.82, 2.24) is 0 Å². The third-order valence-corrected chi connectivity index (χ3v) is 5.34. The highest BCUT2D eigenvalue weighted by Gasteiger charge is 2.46. The van der Waals surface area contributed by atoms with E-state index in [9.17, 15) is 0 Å². The van der Waals surface area contributed by atoms with Gasteiger partial charge in [0.05, 0.1) is 19.8 Å². The smallest absolute Gasteiger partial charge is 0.129 e. The van der Waals surface area contributed by atoms with Gasteiger partial charge in [-0.15, -0.1) is 12.6 Å². The monoisotopic (exact) mass is 418 g/mol. The van der Waals surface area contributed by atoms with Crippen LogP contribution in [0.4, 0.5) is 0 Å². The fourth-order valence-electron chi connectivity index (χ4n) is 3.50. The van der Waals surface area contributed by atoms with Crippen LogP contribution in [0.5, 0.6) is 0 Å². The van der Waals surface area contributed by atoms with Gasteiger partial charge in [-0.05, 0) is 18.1 Å². The summed E-state index contributed by atoms with van der Waals surface area (Å²) in [4.78, 5) is 0. The van der Waals surface area contributed by atoms with Crippen LogP contribution in [0.3, 0.4) is 0 Å². The van der Waals surface area contributed by atoms with Gasteiger partial charge in [0.15, 0.2) is 0 Å². The van der Waals surface area contributed by atoms with Gasteiger partial charge in [0.25, 0.3) is 0 Å². The third-order valence-electron chi connectivity index (χ3n) is 4.92. The van der Waals surface area contributed by atoms with Crippen molar-refractivity contribution in [2.75, 3.05) is 20.3 Å². The molecule has 0 aromatic heterocycles. The van der Waals surface area contributed by atoms with E-state index in [1.807, 2.05) is 67.6 Å². The van der Waals surface area contributed by atoms with Crippen molar-refractivity contribution in [1.29, 1.82) is 0 Å². The van der Waals surface area contributed by atoms with Crippen molar-refractivity contribution in [3.05, 3.63) is 71.8 Å². The highest BCUT2D eigenvalue weighted by Crippen LogP contribution is 2.30. The number of ether oxygens (including phenoxy) is 5. The molecule has 158 valence electrons. The second kappa shape index (κ2) is 11.7. The first-order valence-corrected chi connectivity index (χ1v) is 10.5. The number of rotatable bonds is 10. The first kappa shape index (κ1) is 22.3. The molecule has 3 rings (SSSR count). The summed E-state index contributed by atoms with van der Waals surface area (Å²) in [5, 5.41) is 0. The minimum absolute atomic E-state index is 0.289. The molecule has 0 bridgehead atoms. The average molecular weight is 419 g/mol. The van der Waals surface area contributed by atoms with Gasteiger partial charge >= 0.3 is 0 Å². The molecule has 1 heterocycles.